The summed E-state index contributed by atoms with van der Waals surface area (Å²) in [5, 5.41) is 0. The van der Waals surface area contributed by atoms with E-state index >= 15 is 0 Å². The maximum absolute atomic E-state index is 12.4. The summed E-state index contributed by atoms with van der Waals surface area (Å²) >= 11 is 0. The Kier molecular flexibility index (Phi) is 4.93. The van der Waals surface area contributed by atoms with Crippen molar-refractivity contribution < 1.29 is 8.95 Å². The van der Waals surface area contributed by atoms with Gasteiger partial charge in [-0.15, -0.1) is 0 Å². The first-order chi connectivity index (χ1) is 9.63. The zero-order valence-corrected chi connectivity index (χ0v) is 12.6. The Hall–Kier alpha value is -1.65. The lowest BCUT2D eigenvalue weighted by Crippen LogP contribution is -2.02. The Morgan fingerprint density at radius 2 is 2.00 bits per heavy atom. The van der Waals surface area contributed by atoms with E-state index in [9.17, 15) is 4.21 Å². The van der Waals surface area contributed by atoms with Crippen molar-refractivity contribution in [1.29, 1.82) is 0 Å². The normalized spacial score (nSPS) is 12.2. The van der Waals surface area contributed by atoms with Crippen LogP contribution in [0.3, 0.4) is 0 Å². The van der Waals surface area contributed by atoms with Gasteiger partial charge in [0, 0.05) is 17.0 Å². The van der Waals surface area contributed by atoms with Gasteiger partial charge in [-0.3, -0.25) is 4.21 Å². The topological polar surface area (TPSA) is 52.3 Å². The third kappa shape index (κ3) is 3.46. The molecule has 2 N–H and O–H groups in total. The van der Waals surface area contributed by atoms with E-state index < -0.39 is 10.8 Å². The minimum Gasteiger partial charge on any atom is -0.496 e. The van der Waals surface area contributed by atoms with Gasteiger partial charge in [0.15, 0.2) is 0 Å². The SMILES string of the molecule is COc1cc(CS(=O)c2cccc(C)c2)ccc1CN. The molecule has 106 valence electrons. The number of benzene rings is 2. The summed E-state index contributed by atoms with van der Waals surface area (Å²) < 4.78 is 17.7. The number of aryl methyl sites for hydroxylation is 1. The van der Waals surface area contributed by atoms with E-state index in [-0.39, 0.29) is 0 Å². The molecule has 1 atom stereocenters. The largest absolute Gasteiger partial charge is 0.496 e. The molecule has 3 nitrogen and oxygen atoms in total. The molecule has 0 fully saturated rings. The second-order valence-electron chi connectivity index (χ2n) is 4.66. The first kappa shape index (κ1) is 14.8. The van der Waals surface area contributed by atoms with Crippen LogP contribution >= 0.6 is 0 Å². The van der Waals surface area contributed by atoms with Crippen molar-refractivity contribution in [2.45, 2.75) is 24.1 Å². The Morgan fingerprint density at radius 3 is 2.65 bits per heavy atom. The molecular weight excluding hydrogens is 270 g/mol. The molecular formula is C16H19NO2S. The van der Waals surface area contributed by atoms with Gasteiger partial charge in [-0.25, -0.2) is 0 Å². The van der Waals surface area contributed by atoms with Gasteiger partial charge in [0.25, 0.3) is 0 Å². The molecule has 0 aliphatic heterocycles. The highest BCUT2D eigenvalue weighted by Gasteiger charge is 2.08. The molecule has 20 heavy (non-hydrogen) atoms. The van der Waals surface area contributed by atoms with Crippen molar-refractivity contribution in [1.82, 2.24) is 0 Å². The fourth-order valence-corrected chi connectivity index (χ4v) is 3.24. The molecule has 4 heteroatoms. The first-order valence-corrected chi connectivity index (χ1v) is 7.77. The van der Waals surface area contributed by atoms with Crippen LogP contribution in [0.15, 0.2) is 47.4 Å². The van der Waals surface area contributed by atoms with Crippen LogP contribution < -0.4 is 10.5 Å². The summed E-state index contributed by atoms with van der Waals surface area (Å²) in [5.41, 5.74) is 8.70. The van der Waals surface area contributed by atoms with E-state index in [2.05, 4.69) is 0 Å². The number of methoxy groups -OCH3 is 1. The van der Waals surface area contributed by atoms with Crippen LogP contribution in [0.25, 0.3) is 0 Å². The molecule has 0 aliphatic carbocycles. The van der Waals surface area contributed by atoms with Gasteiger partial charge in [0.05, 0.1) is 23.7 Å². The number of rotatable bonds is 5. The number of hydrogen-bond donors (Lipinski definition) is 1. The highest BCUT2D eigenvalue weighted by Crippen LogP contribution is 2.22. The monoisotopic (exact) mass is 289 g/mol. The van der Waals surface area contributed by atoms with Crippen molar-refractivity contribution in [2.75, 3.05) is 7.11 Å². The minimum atomic E-state index is -1.05. The van der Waals surface area contributed by atoms with Crippen LogP contribution in [0.1, 0.15) is 16.7 Å². The minimum absolute atomic E-state index is 0.435. The summed E-state index contributed by atoms with van der Waals surface area (Å²) in [6.45, 7) is 2.43. The lowest BCUT2D eigenvalue weighted by atomic mass is 10.1. The highest BCUT2D eigenvalue weighted by molar-refractivity contribution is 7.84. The van der Waals surface area contributed by atoms with Crippen LogP contribution in [0.4, 0.5) is 0 Å². The van der Waals surface area contributed by atoms with E-state index in [1.807, 2.05) is 49.4 Å². The van der Waals surface area contributed by atoms with Crippen molar-refractivity contribution in [3.63, 3.8) is 0 Å². The van der Waals surface area contributed by atoms with E-state index in [0.717, 1.165) is 27.3 Å². The fraction of sp³-hybridized carbons (Fsp3) is 0.250. The van der Waals surface area contributed by atoms with Gasteiger partial charge in [-0.2, -0.15) is 0 Å². The lowest BCUT2D eigenvalue weighted by molar-refractivity contribution is 0.409. The molecule has 0 heterocycles. The van der Waals surface area contributed by atoms with Gasteiger partial charge in [0.1, 0.15) is 5.75 Å². The van der Waals surface area contributed by atoms with Gasteiger partial charge in [0.2, 0.25) is 0 Å². The molecule has 0 saturated carbocycles. The van der Waals surface area contributed by atoms with Gasteiger partial charge >= 0.3 is 0 Å². The van der Waals surface area contributed by atoms with E-state index in [1.165, 1.54) is 0 Å². The molecule has 0 bridgehead atoms. The first-order valence-electron chi connectivity index (χ1n) is 6.45. The molecule has 2 rings (SSSR count). The smallest absolute Gasteiger partial charge is 0.123 e. The zero-order chi connectivity index (χ0) is 14.5. The Balaban J connectivity index is 2.19. The molecule has 0 saturated heterocycles. The van der Waals surface area contributed by atoms with Gasteiger partial charge in [-0.1, -0.05) is 24.3 Å². The van der Waals surface area contributed by atoms with Crippen molar-refractivity contribution in [3.8, 4) is 5.75 Å². The zero-order valence-electron chi connectivity index (χ0n) is 11.8. The van der Waals surface area contributed by atoms with E-state index in [4.69, 9.17) is 10.5 Å². The lowest BCUT2D eigenvalue weighted by Gasteiger charge is -2.09. The van der Waals surface area contributed by atoms with Crippen LogP contribution in [0, 0.1) is 6.92 Å². The molecule has 2 aromatic rings. The summed E-state index contributed by atoms with van der Waals surface area (Å²) in [6.07, 6.45) is 0. The third-order valence-corrected chi connectivity index (χ3v) is 4.50. The molecule has 0 aliphatic rings. The summed E-state index contributed by atoms with van der Waals surface area (Å²) in [7, 11) is 0.571. The molecule has 2 aromatic carbocycles. The number of ether oxygens (including phenoxy) is 1. The number of nitrogens with two attached hydrogens (primary N) is 1. The van der Waals surface area contributed by atoms with Crippen molar-refractivity contribution in [2.24, 2.45) is 5.73 Å². The molecule has 0 aromatic heterocycles. The Bertz CT molecular complexity index is 626. The fourth-order valence-electron chi connectivity index (χ4n) is 2.04. The number of hydrogen-bond acceptors (Lipinski definition) is 3. The molecule has 0 amide bonds. The van der Waals surface area contributed by atoms with E-state index in [0.29, 0.717) is 12.3 Å². The highest BCUT2D eigenvalue weighted by atomic mass is 32.2. The average Bonchev–Trinajstić information content (AvgIpc) is 2.47. The third-order valence-electron chi connectivity index (χ3n) is 3.12. The van der Waals surface area contributed by atoms with Crippen molar-refractivity contribution >= 4 is 10.8 Å². The predicted octanol–water partition coefficient (Wildman–Crippen LogP) is 2.77. The van der Waals surface area contributed by atoms with E-state index in [1.54, 1.807) is 7.11 Å². The van der Waals surface area contributed by atoms with Crippen LogP contribution in [0.2, 0.25) is 0 Å². The van der Waals surface area contributed by atoms with Gasteiger partial charge < -0.3 is 10.5 Å². The summed E-state index contributed by atoms with van der Waals surface area (Å²) in [4.78, 5) is 0.854. The van der Waals surface area contributed by atoms with Gasteiger partial charge in [-0.05, 0) is 36.2 Å². The maximum Gasteiger partial charge on any atom is 0.123 e. The second kappa shape index (κ2) is 6.68. The second-order valence-corrected chi connectivity index (χ2v) is 6.11. The maximum atomic E-state index is 12.4. The van der Waals surface area contributed by atoms with Crippen LogP contribution in [-0.2, 0) is 23.1 Å². The summed E-state index contributed by atoms with van der Waals surface area (Å²) in [6, 6.07) is 13.6. The molecule has 1 unspecified atom stereocenters. The van der Waals surface area contributed by atoms with Crippen LogP contribution in [-0.4, -0.2) is 11.3 Å². The quantitative estimate of drug-likeness (QED) is 0.921. The molecule has 0 spiro atoms. The Morgan fingerprint density at radius 1 is 1.20 bits per heavy atom. The van der Waals surface area contributed by atoms with Crippen molar-refractivity contribution in [3.05, 3.63) is 59.2 Å². The summed E-state index contributed by atoms with van der Waals surface area (Å²) in [5.74, 6) is 1.23. The molecule has 0 radical (unpaired) electrons. The van der Waals surface area contributed by atoms with Crippen LogP contribution in [0.5, 0.6) is 5.75 Å². The Labute approximate surface area is 122 Å². The standard InChI is InChI=1S/C16H19NO2S/c1-12-4-3-5-15(8-12)20(18)11-13-6-7-14(10-17)16(9-13)19-2/h3-9H,10-11,17H2,1-2H3. The average molecular weight is 289 g/mol. The predicted molar refractivity (Wildman–Crippen MR) is 82.2 cm³/mol.